The summed E-state index contributed by atoms with van der Waals surface area (Å²) in [7, 11) is 0. The van der Waals surface area contributed by atoms with Crippen molar-refractivity contribution >= 4 is 33.2 Å². The Morgan fingerprint density at radius 3 is 1.59 bits per heavy atom. The molecule has 22 heavy (non-hydrogen) atoms. The van der Waals surface area contributed by atoms with Crippen LogP contribution in [0.1, 0.15) is 11.1 Å². The number of H-pyrrole nitrogens is 2. The number of hydrogen-bond acceptors (Lipinski definition) is 4. The van der Waals surface area contributed by atoms with Gasteiger partial charge in [0, 0.05) is 11.1 Å². The summed E-state index contributed by atoms with van der Waals surface area (Å²) < 4.78 is 0. The number of allylic oxidation sites excluding steroid dienone is 2. The third-order valence-electron chi connectivity index (χ3n) is 3.71. The SMILES string of the molecule is C=C(C(=C)c1cccc2n[nH]nc12)c1cccc2n[nH]nc12. The van der Waals surface area contributed by atoms with Crippen molar-refractivity contribution in [1.29, 1.82) is 0 Å². The molecule has 4 rings (SSSR count). The van der Waals surface area contributed by atoms with Crippen molar-refractivity contribution in [3.63, 3.8) is 0 Å². The van der Waals surface area contributed by atoms with Gasteiger partial charge in [0.05, 0.1) is 0 Å². The number of benzene rings is 2. The number of aromatic nitrogens is 6. The highest BCUT2D eigenvalue weighted by Gasteiger charge is 2.14. The van der Waals surface area contributed by atoms with E-state index >= 15 is 0 Å². The molecule has 2 N–H and O–H groups in total. The quantitative estimate of drug-likeness (QED) is 0.568. The molecule has 6 heteroatoms. The number of nitrogens with one attached hydrogen (secondary N) is 2. The second-order valence-electron chi connectivity index (χ2n) is 4.95. The van der Waals surface area contributed by atoms with Crippen LogP contribution in [0.3, 0.4) is 0 Å². The maximum Gasteiger partial charge on any atom is 0.120 e. The second-order valence-corrected chi connectivity index (χ2v) is 4.95. The molecular formula is C16H12N6. The van der Waals surface area contributed by atoms with Gasteiger partial charge in [-0.05, 0) is 23.3 Å². The zero-order chi connectivity index (χ0) is 15.1. The molecule has 2 aromatic carbocycles. The lowest BCUT2D eigenvalue weighted by atomic mass is 9.93. The molecule has 0 fully saturated rings. The van der Waals surface area contributed by atoms with E-state index in [4.69, 9.17) is 0 Å². The lowest BCUT2D eigenvalue weighted by Gasteiger charge is -2.10. The zero-order valence-corrected chi connectivity index (χ0v) is 11.7. The van der Waals surface area contributed by atoms with E-state index in [1.807, 2.05) is 36.4 Å². The van der Waals surface area contributed by atoms with Crippen molar-refractivity contribution in [2.75, 3.05) is 0 Å². The van der Waals surface area contributed by atoms with Gasteiger partial charge in [-0.2, -0.15) is 30.8 Å². The van der Waals surface area contributed by atoms with Crippen molar-refractivity contribution in [3.05, 3.63) is 60.7 Å². The Hall–Kier alpha value is -3.28. The van der Waals surface area contributed by atoms with Gasteiger partial charge in [0.1, 0.15) is 22.1 Å². The Morgan fingerprint density at radius 1 is 0.682 bits per heavy atom. The van der Waals surface area contributed by atoms with E-state index in [2.05, 4.69) is 44.0 Å². The molecule has 2 aromatic heterocycles. The van der Waals surface area contributed by atoms with Crippen molar-refractivity contribution in [3.8, 4) is 0 Å². The minimum absolute atomic E-state index is 0.779. The maximum atomic E-state index is 4.20. The van der Waals surface area contributed by atoms with Gasteiger partial charge in [0.15, 0.2) is 0 Å². The predicted molar refractivity (Wildman–Crippen MR) is 85.8 cm³/mol. The van der Waals surface area contributed by atoms with Crippen LogP contribution in [0.2, 0.25) is 0 Å². The minimum Gasteiger partial charge on any atom is -0.197 e. The van der Waals surface area contributed by atoms with Gasteiger partial charge in [-0.15, -0.1) is 0 Å². The van der Waals surface area contributed by atoms with E-state index in [-0.39, 0.29) is 0 Å². The lowest BCUT2D eigenvalue weighted by Crippen LogP contribution is -1.91. The highest BCUT2D eigenvalue weighted by molar-refractivity contribution is 6.11. The molecule has 0 unspecified atom stereocenters. The molecular weight excluding hydrogens is 276 g/mol. The van der Waals surface area contributed by atoms with Crippen LogP contribution in [0.25, 0.3) is 33.2 Å². The Labute approximate surface area is 125 Å². The number of para-hydroxylation sites is 2. The molecule has 0 aliphatic heterocycles. The third kappa shape index (κ3) is 1.74. The molecule has 0 saturated carbocycles. The van der Waals surface area contributed by atoms with Crippen molar-refractivity contribution in [1.82, 2.24) is 30.8 Å². The molecule has 0 spiro atoms. The molecule has 4 aromatic rings. The van der Waals surface area contributed by atoms with E-state index < -0.39 is 0 Å². The standard InChI is InChI=1S/C16H12N6/c1-9(11-5-3-7-13-15(11)19-21-17-13)10(2)12-6-4-8-14-16(12)20-22-18-14/h3-8H,1-2H2,(H,17,19,21)(H,18,20,22). The first-order chi connectivity index (χ1) is 10.8. The van der Waals surface area contributed by atoms with E-state index in [1.54, 1.807) is 0 Å². The van der Waals surface area contributed by atoms with E-state index in [9.17, 15) is 0 Å². The van der Waals surface area contributed by atoms with Crippen LogP contribution in [0.4, 0.5) is 0 Å². The van der Waals surface area contributed by atoms with Crippen molar-refractivity contribution < 1.29 is 0 Å². The fourth-order valence-corrected chi connectivity index (χ4v) is 2.55. The predicted octanol–water partition coefficient (Wildman–Crippen LogP) is 2.96. The monoisotopic (exact) mass is 288 g/mol. The molecule has 0 saturated heterocycles. The lowest BCUT2D eigenvalue weighted by molar-refractivity contribution is 0.959. The van der Waals surface area contributed by atoms with Crippen LogP contribution in [0.15, 0.2) is 49.6 Å². The Bertz CT molecular complexity index is 939. The first kappa shape index (κ1) is 12.5. The Kier molecular flexibility index (Phi) is 2.62. The Balaban J connectivity index is 1.84. The number of rotatable bonds is 3. The number of nitrogens with zero attached hydrogens (tertiary/aromatic N) is 4. The number of hydrogen-bond donors (Lipinski definition) is 2. The second kappa shape index (κ2) is 4.63. The van der Waals surface area contributed by atoms with Gasteiger partial charge in [-0.3, -0.25) is 0 Å². The molecule has 0 bridgehead atoms. The molecule has 6 nitrogen and oxygen atoms in total. The normalized spacial score (nSPS) is 11.1. The van der Waals surface area contributed by atoms with E-state index in [0.29, 0.717) is 0 Å². The van der Waals surface area contributed by atoms with Gasteiger partial charge >= 0.3 is 0 Å². The van der Waals surface area contributed by atoms with Gasteiger partial charge in [0.2, 0.25) is 0 Å². The highest BCUT2D eigenvalue weighted by atomic mass is 15.3. The van der Waals surface area contributed by atoms with Crippen LogP contribution in [0, 0.1) is 0 Å². The molecule has 0 atom stereocenters. The summed E-state index contributed by atoms with van der Waals surface area (Å²) in [5.41, 5.74) is 6.53. The summed E-state index contributed by atoms with van der Waals surface area (Å²) in [6.07, 6.45) is 0. The van der Waals surface area contributed by atoms with E-state index in [1.165, 1.54) is 0 Å². The van der Waals surface area contributed by atoms with Gasteiger partial charge in [-0.25, -0.2) is 0 Å². The van der Waals surface area contributed by atoms with Crippen LogP contribution in [-0.4, -0.2) is 30.8 Å². The average molecular weight is 288 g/mol. The van der Waals surface area contributed by atoms with Crippen LogP contribution in [-0.2, 0) is 0 Å². The van der Waals surface area contributed by atoms with Crippen LogP contribution in [0.5, 0.6) is 0 Å². The smallest absolute Gasteiger partial charge is 0.120 e. The molecule has 0 radical (unpaired) electrons. The van der Waals surface area contributed by atoms with Crippen LogP contribution >= 0.6 is 0 Å². The van der Waals surface area contributed by atoms with Gasteiger partial charge in [-0.1, -0.05) is 37.4 Å². The van der Waals surface area contributed by atoms with Gasteiger partial charge < -0.3 is 0 Å². The molecule has 106 valence electrons. The fourth-order valence-electron chi connectivity index (χ4n) is 2.55. The number of fused-ring (bicyclic) bond motifs is 2. The summed E-state index contributed by atoms with van der Waals surface area (Å²) in [5.74, 6) is 0. The van der Waals surface area contributed by atoms with Crippen molar-refractivity contribution in [2.24, 2.45) is 0 Å². The number of aromatic amines is 2. The molecule has 0 aliphatic rings. The summed E-state index contributed by atoms with van der Waals surface area (Å²) in [6, 6.07) is 11.6. The van der Waals surface area contributed by atoms with Crippen molar-refractivity contribution in [2.45, 2.75) is 0 Å². The molecule has 2 heterocycles. The maximum absolute atomic E-state index is 4.20. The molecule has 0 aliphatic carbocycles. The largest absolute Gasteiger partial charge is 0.197 e. The highest BCUT2D eigenvalue weighted by Crippen LogP contribution is 2.33. The molecule has 0 amide bonds. The minimum atomic E-state index is 0.779. The zero-order valence-electron chi connectivity index (χ0n) is 11.7. The Morgan fingerprint density at radius 2 is 1.14 bits per heavy atom. The summed E-state index contributed by atoms with van der Waals surface area (Å²) in [5, 5.41) is 21.9. The summed E-state index contributed by atoms with van der Waals surface area (Å²) in [4.78, 5) is 0. The fraction of sp³-hybridized carbons (Fsp3) is 0. The third-order valence-corrected chi connectivity index (χ3v) is 3.71. The first-order valence-corrected chi connectivity index (χ1v) is 6.73. The van der Waals surface area contributed by atoms with E-state index in [0.717, 1.165) is 44.3 Å². The summed E-state index contributed by atoms with van der Waals surface area (Å²) >= 11 is 0. The average Bonchev–Trinajstić information content (AvgIpc) is 3.21. The van der Waals surface area contributed by atoms with Crippen LogP contribution < -0.4 is 0 Å². The van der Waals surface area contributed by atoms with Gasteiger partial charge in [0.25, 0.3) is 0 Å². The first-order valence-electron chi connectivity index (χ1n) is 6.73. The topological polar surface area (TPSA) is 83.1 Å². The summed E-state index contributed by atoms with van der Waals surface area (Å²) in [6.45, 7) is 8.37.